The van der Waals surface area contributed by atoms with E-state index >= 15 is 0 Å². The van der Waals surface area contributed by atoms with Gasteiger partial charge in [0.15, 0.2) is 0 Å². The molecule has 0 saturated carbocycles. The SMILES string of the molecule is COCCN1C(=O)c2ccccc2[C@H](C(=O)Nc2ccccc2N2CCN(C)CC2)[C@@H]1c1c[nH]c2ccccc12. The van der Waals surface area contributed by atoms with Crippen LogP contribution < -0.4 is 10.2 Å². The fourth-order valence-electron chi connectivity index (χ4n) is 6.11. The van der Waals surface area contributed by atoms with Gasteiger partial charge in [0.1, 0.15) is 0 Å². The van der Waals surface area contributed by atoms with Crippen molar-refractivity contribution in [2.45, 2.75) is 12.0 Å². The van der Waals surface area contributed by atoms with Crippen LogP contribution >= 0.6 is 0 Å². The quantitative estimate of drug-likeness (QED) is 0.363. The molecular formula is C32H35N5O3. The molecule has 206 valence electrons. The van der Waals surface area contributed by atoms with E-state index in [0.717, 1.165) is 59.6 Å². The number of carbonyl (C=O) groups excluding carboxylic acids is 2. The molecule has 1 saturated heterocycles. The molecule has 0 bridgehead atoms. The van der Waals surface area contributed by atoms with Crippen molar-refractivity contribution in [3.8, 4) is 0 Å². The van der Waals surface area contributed by atoms with Crippen molar-refractivity contribution < 1.29 is 14.3 Å². The molecule has 0 aliphatic carbocycles. The summed E-state index contributed by atoms with van der Waals surface area (Å²) in [4.78, 5) is 38.2. The van der Waals surface area contributed by atoms with Crippen LogP contribution in [-0.2, 0) is 9.53 Å². The van der Waals surface area contributed by atoms with Crippen LogP contribution in [0.25, 0.3) is 10.9 Å². The molecule has 0 unspecified atom stereocenters. The molecule has 3 aromatic carbocycles. The van der Waals surface area contributed by atoms with Crippen LogP contribution in [0.15, 0.2) is 79.0 Å². The summed E-state index contributed by atoms with van der Waals surface area (Å²) in [5, 5.41) is 4.29. The number of piperazine rings is 1. The third-order valence-corrected chi connectivity index (χ3v) is 8.20. The number of hydrogen-bond acceptors (Lipinski definition) is 5. The van der Waals surface area contributed by atoms with E-state index in [0.29, 0.717) is 18.7 Å². The second-order valence-corrected chi connectivity index (χ2v) is 10.6. The number of benzene rings is 3. The predicted molar refractivity (Wildman–Crippen MR) is 158 cm³/mol. The Morgan fingerprint density at radius 3 is 2.50 bits per heavy atom. The fourth-order valence-corrected chi connectivity index (χ4v) is 6.11. The lowest BCUT2D eigenvalue weighted by Gasteiger charge is -2.41. The number of methoxy groups -OCH3 is 1. The first kappa shape index (κ1) is 26.1. The minimum Gasteiger partial charge on any atom is -0.383 e. The monoisotopic (exact) mass is 537 g/mol. The summed E-state index contributed by atoms with van der Waals surface area (Å²) >= 11 is 0. The first-order valence-electron chi connectivity index (χ1n) is 13.8. The first-order chi connectivity index (χ1) is 19.6. The van der Waals surface area contributed by atoms with Crippen LogP contribution in [-0.4, -0.2) is 80.1 Å². The number of rotatable bonds is 7. The Balaban J connectivity index is 1.44. The summed E-state index contributed by atoms with van der Waals surface area (Å²) in [5.74, 6) is -0.852. The summed E-state index contributed by atoms with van der Waals surface area (Å²) in [6.45, 7) is 4.47. The third-order valence-electron chi connectivity index (χ3n) is 8.20. The van der Waals surface area contributed by atoms with Crippen LogP contribution in [0.1, 0.15) is 33.4 Å². The number of carbonyl (C=O) groups is 2. The number of ether oxygens (including phenoxy) is 1. The number of nitrogens with one attached hydrogen (secondary N) is 2. The lowest BCUT2D eigenvalue weighted by molar-refractivity contribution is -0.119. The van der Waals surface area contributed by atoms with Crippen molar-refractivity contribution in [3.05, 3.63) is 95.7 Å². The maximum absolute atomic E-state index is 14.5. The van der Waals surface area contributed by atoms with Gasteiger partial charge < -0.3 is 29.7 Å². The number of amides is 2. The van der Waals surface area contributed by atoms with Crippen LogP contribution in [0.2, 0.25) is 0 Å². The zero-order valence-electron chi connectivity index (χ0n) is 23.0. The highest BCUT2D eigenvalue weighted by Crippen LogP contribution is 2.45. The maximum Gasteiger partial charge on any atom is 0.254 e. The number of hydrogen-bond donors (Lipinski definition) is 2. The first-order valence-corrected chi connectivity index (χ1v) is 13.8. The molecule has 40 heavy (non-hydrogen) atoms. The lowest BCUT2D eigenvalue weighted by atomic mass is 9.79. The molecule has 2 aliphatic rings. The Labute approximate surface area is 234 Å². The van der Waals surface area contributed by atoms with Gasteiger partial charge in [0, 0.05) is 68.1 Å². The van der Waals surface area contributed by atoms with Crippen molar-refractivity contribution >= 4 is 34.1 Å². The van der Waals surface area contributed by atoms with Crippen molar-refractivity contribution in [1.29, 1.82) is 0 Å². The van der Waals surface area contributed by atoms with E-state index < -0.39 is 12.0 Å². The Hall–Kier alpha value is -4.14. The van der Waals surface area contributed by atoms with Gasteiger partial charge in [-0.15, -0.1) is 0 Å². The lowest BCUT2D eigenvalue weighted by Crippen LogP contribution is -2.47. The van der Waals surface area contributed by atoms with Crippen LogP contribution in [0.5, 0.6) is 0 Å². The second kappa shape index (κ2) is 11.2. The van der Waals surface area contributed by atoms with Crippen LogP contribution in [0, 0.1) is 0 Å². The highest BCUT2D eigenvalue weighted by Gasteiger charge is 2.45. The van der Waals surface area contributed by atoms with Crippen molar-refractivity contribution in [3.63, 3.8) is 0 Å². The Morgan fingerprint density at radius 1 is 0.950 bits per heavy atom. The molecule has 2 N–H and O–H groups in total. The van der Waals surface area contributed by atoms with Gasteiger partial charge >= 0.3 is 0 Å². The smallest absolute Gasteiger partial charge is 0.254 e. The largest absolute Gasteiger partial charge is 0.383 e. The van der Waals surface area contributed by atoms with E-state index in [1.54, 1.807) is 12.0 Å². The fraction of sp³-hybridized carbons (Fsp3) is 0.312. The number of H-pyrrole nitrogens is 1. The van der Waals surface area contributed by atoms with Gasteiger partial charge in [-0.1, -0.05) is 48.5 Å². The van der Waals surface area contributed by atoms with Crippen LogP contribution in [0.4, 0.5) is 11.4 Å². The second-order valence-electron chi connectivity index (χ2n) is 10.6. The summed E-state index contributed by atoms with van der Waals surface area (Å²) in [6.07, 6.45) is 1.94. The number of anilines is 2. The zero-order valence-corrected chi connectivity index (χ0v) is 23.0. The third kappa shape index (κ3) is 4.74. The van der Waals surface area contributed by atoms with Gasteiger partial charge in [-0.3, -0.25) is 9.59 Å². The summed E-state index contributed by atoms with van der Waals surface area (Å²) in [6, 6.07) is 23.0. The topological polar surface area (TPSA) is 80.9 Å². The summed E-state index contributed by atoms with van der Waals surface area (Å²) < 4.78 is 5.40. The molecule has 8 nitrogen and oxygen atoms in total. The minimum absolute atomic E-state index is 0.0928. The van der Waals surface area contributed by atoms with Gasteiger partial charge in [0.2, 0.25) is 5.91 Å². The van der Waals surface area contributed by atoms with Crippen molar-refractivity contribution in [1.82, 2.24) is 14.8 Å². The zero-order chi connectivity index (χ0) is 27.6. The molecule has 2 atom stereocenters. The minimum atomic E-state index is -0.620. The number of fused-ring (bicyclic) bond motifs is 2. The summed E-state index contributed by atoms with van der Waals surface area (Å²) in [7, 11) is 3.76. The highest BCUT2D eigenvalue weighted by molar-refractivity contribution is 6.06. The Kier molecular flexibility index (Phi) is 7.28. The number of aromatic amines is 1. The van der Waals surface area contributed by atoms with Gasteiger partial charge in [0.05, 0.1) is 29.9 Å². The van der Waals surface area contributed by atoms with E-state index in [-0.39, 0.29) is 11.8 Å². The van der Waals surface area contributed by atoms with Gasteiger partial charge in [-0.05, 0) is 36.9 Å². The molecular weight excluding hydrogens is 502 g/mol. The molecule has 3 heterocycles. The Bertz CT molecular complexity index is 1520. The van der Waals surface area contributed by atoms with E-state index in [1.807, 2.05) is 72.9 Å². The molecule has 8 heteroatoms. The average Bonchev–Trinajstić information content (AvgIpc) is 3.41. The van der Waals surface area contributed by atoms with E-state index in [2.05, 4.69) is 33.2 Å². The van der Waals surface area contributed by atoms with Crippen molar-refractivity contribution in [2.75, 3.05) is 63.7 Å². The normalized spacial score (nSPS) is 19.6. The standard InChI is InChI=1S/C32H35N5O3/c1-35-15-17-36(18-16-35)28-14-8-7-13-27(28)34-31(38)29-23-10-3-4-11-24(23)32(39)37(19-20-40-2)30(29)25-21-33-26-12-6-5-9-22(25)26/h3-14,21,29-30,33H,15-20H2,1-2H3,(H,34,38)/t29-,30-/m0/s1. The van der Waals surface area contributed by atoms with Crippen LogP contribution in [0.3, 0.4) is 0 Å². The molecule has 0 spiro atoms. The number of aromatic nitrogens is 1. The number of para-hydroxylation sites is 3. The molecule has 6 rings (SSSR count). The molecule has 1 aromatic heterocycles. The number of nitrogens with zero attached hydrogens (tertiary/aromatic N) is 3. The molecule has 1 fully saturated rings. The highest BCUT2D eigenvalue weighted by atomic mass is 16.5. The van der Waals surface area contributed by atoms with Gasteiger partial charge in [0.25, 0.3) is 5.91 Å². The average molecular weight is 538 g/mol. The molecule has 2 aliphatic heterocycles. The molecule has 2 amide bonds. The number of likely N-dealkylation sites (N-methyl/N-ethyl adjacent to an activating group) is 1. The van der Waals surface area contributed by atoms with E-state index in [9.17, 15) is 9.59 Å². The molecule has 0 radical (unpaired) electrons. The molecule has 4 aromatic rings. The van der Waals surface area contributed by atoms with Crippen molar-refractivity contribution in [2.24, 2.45) is 0 Å². The van der Waals surface area contributed by atoms with E-state index in [4.69, 9.17) is 4.74 Å². The predicted octanol–water partition coefficient (Wildman–Crippen LogP) is 4.49. The maximum atomic E-state index is 14.5. The van der Waals surface area contributed by atoms with Gasteiger partial charge in [-0.25, -0.2) is 0 Å². The Morgan fingerprint density at radius 2 is 1.68 bits per heavy atom. The summed E-state index contributed by atoms with van der Waals surface area (Å²) in [5.41, 5.74) is 4.99. The van der Waals surface area contributed by atoms with Gasteiger partial charge in [-0.2, -0.15) is 0 Å². The van der Waals surface area contributed by atoms with E-state index in [1.165, 1.54) is 0 Å².